The topological polar surface area (TPSA) is 105 Å². The molecule has 0 saturated carbocycles. The van der Waals surface area contributed by atoms with Crippen molar-refractivity contribution in [3.63, 3.8) is 0 Å². The van der Waals surface area contributed by atoms with E-state index >= 15 is 0 Å². The van der Waals surface area contributed by atoms with E-state index in [4.69, 9.17) is 23.7 Å². The quantitative estimate of drug-likeness (QED) is 0.607. The molecule has 0 radical (unpaired) electrons. The molecule has 29 heavy (non-hydrogen) atoms. The molecule has 0 amide bonds. The number of carbonyl (C=O) groups is 1. The molecule has 2 heterocycles. The second kappa shape index (κ2) is 8.09. The molecular formula is C20H19N3O6. The first-order chi connectivity index (χ1) is 14.2. The van der Waals surface area contributed by atoms with Gasteiger partial charge in [0.15, 0.2) is 17.2 Å². The summed E-state index contributed by atoms with van der Waals surface area (Å²) in [5, 5.41) is 10.5. The number of fused-ring (bicyclic) bond motifs is 1. The average Bonchev–Trinajstić information content (AvgIpc) is 3.41. The molecule has 2 aromatic carbocycles. The van der Waals surface area contributed by atoms with Crippen LogP contribution in [0, 0.1) is 0 Å². The van der Waals surface area contributed by atoms with E-state index < -0.39 is 5.97 Å². The second-order valence-corrected chi connectivity index (χ2v) is 6.07. The van der Waals surface area contributed by atoms with Gasteiger partial charge in [0.1, 0.15) is 23.8 Å². The van der Waals surface area contributed by atoms with Crippen molar-refractivity contribution in [2.75, 3.05) is 20.5 Å². The summed E-state index contributed by atoms with van der Waals surface area (Å²) in [5.41, 5.74) is 1.99. The van der Waals surface area contributed by atoms with Crippen LogP contribution in [0.4, 0.5) is 0 Å². The number of nitrogens with one attached hydrogen (secondary N) is 1. The van der Waals surface area contributed by atoms with E-state index in [0.717, 1.165) is 5.56 Å². The molecule has 9 nitrogen and oxygen atoms in total. The summed E-state index contributed by atoms with van der Waals surface area (Å²) in [6.07, 6.45) is 0. The second-order valence-electron chi connectivity index (χ2n) is 6.07. The predicted molar refractivity (Wildman–Crippen MR) is 101 cm³/mol. The number of methoxy groups -OCH3 is 1. The van der Waals surface area contributed by atoms with Crippen LogP contribution in [-0.4, -0.2) is 41.9 Å². The van der Waals surface area contributed by atoms with Crippen molar-refractivity contribution in [3.05, 3.63) is 47.7 Å². The molecule has 0 saturated heterocycles. The molecule has 0 fully saturated rings. The molecule has 9 heteroatoms. The summed E-state index contributed by atoms with van der Waals surface area (Å²) in [6.45, 7) is 2.43. The number of aromatic amines is 1. The minimum atomic E-state index is -0.537. The van der Waals surface area contributed by atoms with Crippen molar-refractivity contribution >= 4 is 5.97 Å². The molecule has 0 unspecified atom stereocenters. The highest BCUT2D eigenvalue weighted by Crippen LogP contribution is 2.36. The Morgan fingerprint density at radius 2 is 2.00 bits per heavy atom. The minimum Gasteiger partial charge on any atom is -0.496 e. The maximum Gasteiger partial charge on any atom is 0.361 e. The van der Waals surface area contributed by atoms with Crippen LogP contribution in [-0.2, 0) is 11.3 Å². The van der Waals surface area contributed by atoms with Crippen molar-refractivity contribution in [2.45, 2.75) is 13.5 Å². The third-order valence-corrected chi connectivity index (χ3v) is 4.31. The molecule has 4 rings (SSSR count). The van der Waals surface area contributed by atoms with Crippen molar-refractivity contribution in [1.29, 1.82) is 0 Å². The van der Waals surface area contributed by atoms with Gasteiger partial charge in [0, 0.05) is 17.2 Å². The number of hydrogen-bond acceptors (Lipinski definition) is 8. The summed E-state index contributed by atoms with van der Waals surface area (Å²) in [6, 6.07) is 10.8. The number of rotatable bonds is 7. The van der Waals surface area contributed by atoms with Crippen molar-refractivity contribution in [1.82, 2.24) is 15.4 Å². The van der Waals surface area contributed by atoms with E-state index in [-0.39, 0.29) is 25.7 Å². The highest BCUT2D eigenvalue weighted by Gasteiger charge is 2.20. The summed E-state index contributed by atoms with van der Waals surface area (Å²) < 4.78 is 27.0. The van der Waals surface area contributed by atoms with E-state index in [0.29, 0.717) is 34.3 Å². The van der Waals surface area contributed by atoms with Crippen molar-refractivity contribution in [3.8, 4) is 34.3 Å². The lowest BCUT2D eigenvalue weighted by Crippen LogP contribution is -2.07. The van der Waals surface area contributed by atoms with Crippen LogP contribution in [0.2, 0.25) is 0 Å². The van der Waals surface area contributed by atoms with Gasteiger partial charge in [-0.25, -0.2) is 4.79 Å². The average molecular weight is 397 g/mol. The van der Waals surface area contributed by atoms with Crippen LogP contribution in [0.1, 0.15) is 23.0 Å². The summed E-state index contributed by atoms with van der Waals surface area (Å²) in [5.74, 6) is 2.08. The number of hydrogen-bond donors (Lipinski definition) is 1. The standard InChI is InChI=1S/C20H19N3O6/c1-3-26-20(24)19-18(21-23-22-19)12-4-6-15(25-2)13(8-12)10-27-14-5-7-16-17(9-14)29-11-28-16/h4-9H,3,10-11H2,1-2H3,(H,21,22,23). The van der Waals surface area contributed by atoms with Crippen LogP contribution in [0.3, 0.4) is 0 Å². The zero-order valence-electron chi connectivity index (χ0n) is 15.9. The van der Waals surface area contributed by atoms with Gasteiger partial charge in [-0.15, -0.1) is 5.10 Å². The van der Waals surface area contributed by atoms with Gasteiger partial charge in [0.2, 0.25) is 6.79 Å². The van der Waals surface area contributed by atoms with Gasteiger partial charge in [-0.3, -0.25) is 0 Å². The van der Waals surface area contributed by atoms with Crippen LogP contribution >= 0.6 is 0 Å². The summed E-state index contributed by atoms with van der Waals surface area (Å²) in [7, 11) is 1.58. The number of ether oxygens (including phenoxy) is 5. The van der Waals surface area contributed by atoms with E-state index in [1.807, 2.05) is 6.07 Å². The Morgan fingerprint density at radius 3 is 2.83 bits per heavy atom. The van der Waals surface area contributed by atoms with E-state index in [9.17, 15) is 4.79 Å². The van der Waals surface area contributed by atoms with Gasteiger partial charge < -0.3 is 23.7 Å². The Kier molecular flexibility index (Phi) is 5.19. The van der Waals surface area contributed by atoms with Crippen molar-refractivity contribution in [2.24, 2.45) is 0 Å². The molecule has 3 aromatic rings. The van der Waals surface area contributed by atoms with E-state index in [1.165, 1.54) is 0 Å². The molecule has 1 aromatic heterocycles. The molecule has 0 aliphatic carbocycles. The molecule has 0 atom stereocenters. The zero-order chi connectivity index (χ0) is 20.2. The molecule has 0 spiro atoms. The molecule has 150 valence electrons. The minimum absolute atomic E-state index is 0.125. The lowest BCUT2D eigenvalue weighted by Gasteiger charge is -2.12. The molecular weight excluding hydrogens is 378 g/mol. The number of nitrogens with zero attached hydrogens (tertiary/aromatic N) is 2. The predicted octanol–water partition coefficient (Wildman–Crippen LogP) is 2.96. The van der Waals surface area contributed by atoms with E-state index in [2.05, 4.69) is 15.4 Å². The number of benzene rings is 2. The third-order valence-electron chi connectivity index (χ3n) is 4.31. The van der Waals surface area contributed by atoms with Gasteiger partial charge in [-0.05, 0) is 37.3 Å². The van der Waals surface area contributed by atoms with Gasteiger partial charge in [0.25, 0.3) is 0 Å². The molecule has 1 aliphatic heterocycles. The highest BCUT2D eigenvalue weighted by molar-refractivity contribution is 5.94. The Balaban J connectivity index is 1.58. The van der Waals surface area contributed by atoms with Crippen LogP contribution in [0.5, 0.6) is 23.0 Å². The van der Waals surface area contributed by atoms with Crippen molar-refractivity contribution < 1.29 is 28.5 Å². The fourth-order valence-corrected chi connectivity index (χ4v) is 2.94. The third kappa shape index (κ3) is 3.79. The molecule has 0 bridgehead atoms. The monoisotopic (exact) mass is 397 g/mol. The first kappa shape index (κ1) is 18.6. The Morgan fingerprint density at radius 1 is 1.14 bits per heavy atom. The van der Waals surface area contributed by atoms with Gasteiger partial charge in [-0.1, -0.05) is 0 Å². The largest absolute Gasteiger partial charge is 0.496 e. The first-order valence-electron chi connectivity index (χ1n) is 8.97. The van der Waals surface area contributed by atoms with Crippen LogP contribution < -0.4 is 18.9 Å². The van der Waals surface area contributed by atoms with Gasteiger partial charge in [0.05, 0.1) is 13.7 Å². The fraction of sp³-hybridized carbons (Fsp3) is 0.250. The van der Waals surface area contributed by atoms with E-state index in [1.54, 1.807) is 44.4 Å². The van der Waals surface area contributed by atoms with Gasteiger partial charge in [-0.2, -0.15) is 10.3 Å². The Hall–Kier alpha value is -3.75. The summed E-state index contributed by atoms with van der Waals surface area (Å²) in [4.78, 5) is 12.1. The SMILES string of the molecule is CCOC(=O)c1n[nH]nc1-c1ccc(OC)c(COc2ccc3c(c2)OCO3)c1. The lowest BCUT2D eigenvalue weighted by molar-refractivity contribution is 0.0520. The Labute approximate surface area is 166 Å². The van der Waals surface area contributed by atoms with Crippen LogP contribution in [0.15, 0.2) is 36.4 Å². The number of aromatic nitrogens is 3. The van der Waals surface area contributed by atoms with Crippen LogP contribution in [0.25, 0.3) is 11.3 Å². The number of carbonyl (C=O) groups excluding carboxylic acids is 1. The fourth-order valence-electron chi connectivity index (χ4n) is 2.94. The smallest absolute Gasteiger partial charge is 0.361 e. The maximum atomic E-state index is 12.1. The lowest BCUT2D eigenvalue weighted by atomic mass is 10.1. The maximum absolute atomic E-state index is 12.1. The summed E-state index contributed by atoms with van der Waals surface area (Å²) >= 11 is 0. The molecule has 1 N–H and O–H groups in total. The highest BCUT2D eigenvalue weighted by atomic mass is 16.7. The normalized spacial score (nSPS) is 11.9. The first-order valence-corrected chi connectivity index (χ1v) is 8.97. The zero-order valence-corrected chi connectivity index (χ0v) is 15.9. The Bertz CT molecular complexity index is 1030. The number of esters is 1. The molecule has 1 aliphatic rings. The van der Waals surface area contributed by atoms with Gasteiger partial charge >= 0.3 is 5.97 Å². The number of H-pyrrole nitrogens is 1.